The van der Waals surface area contributed by atoms with E-state index in [9.17, 15) is 18.3 Å². The fourth-order valence-electron chi connectivity index (χ4n) is 2.36. The molecule has 0 saturated carbocycles. The van der Waals surface area contributed by atoms with Crippen molar-refractivity contribution in [1.29, 1.82) is 0 Å². The molecule has 0 spiro atoms. The third kappa shape index (κ3) is 3.10. The molecule has 24 heavy (non-hydrogen) atoms. The van der Waals surface area contributed by atoms with E-state index < -0.39 is 16.0 Å². The van der Waals surface area contributed by atoms with Gasteiger partial charge in [-0.1, -0.05) is 13.0 Å². The van der Waals surface area contributed by atoms with Crippen LogP contribution < -0.4 is 4.72 Å². The Kier molecular flexibility index (Phi) is 4.25. The summed E-state index contributed by atoms with van der Waals surface area (Å²) in [4.78, 5) is 15.4. The maximum absolute atomic E-state index is 12.5. The Morgan fingerprint density at radius 2 is 2.04 bits per heavy atom. The number of carboxylic acid groups (broad SMARTS) is 1. The number of hydrogen-bond donors (Lipinski definition) is 2. The van der Waals surface area contributed by atoms with Gasteiger partial charge in [0.15, 0.2) is 0 Å². The van der Waals surface area contributed by atoms with Crippen LogP contribution in [0.3, 0.4) is 0 Å². The molecule has 0 fully saturated rings. The van der Waals surface area contributed by atoms with Gasteiger partial charge in [0.25, 0.3) is 10.0 Å². The molecule has 0 atom stereocenters. The molecular weight excluding hydrogens is 348 g/mol. The number of aromatic nitrogens is 1. The molecule has 6 nitrogen and oxygen atoms in total. The van der Waals surface area contributed by atoms with Gasteiger partial charge < -0.3 is 5.11 Å². The van der Waals surface area contributed by atoms with Crippen molar-refractivity contribution in [2.75, 3.05) is 4.72 Å². The molecule has 0 bridgehead atoms. The Balaban J connectivity index is 1.97. The minimum Gasteiger partial charge on any atom is -0.478 e. The van der Waals surface area contributed by atoms with E-state index in [-0.39, 0.29) is 10.5 Å². The van der Waals surface area contributed by atoms with Gasteiger partial charge in [0.2, 0.25) is 0 Å². The van der Waals surface area contributed by atoms with E-state index in [0.29, 0.717) is 17.7 Å². The second-order valence-corrected chi connectivity index (χ2v) is 7.69. The number of nitrogens with one attached hydrogen (secondary N) is 1. The van der Waals surface area contributed by atoms with Gasteiger partial charge in [-0.05, 0) is 42.3 Å². The third-order valence-corrected chi connectivity index (χ3v) is 5.76. The Hall–Kier alpha value is -2.45. The number of carboxylic acids is 1. The Bertz CT molecular complexity index is 1030. The Labute approximate surface area is 142 Å². The monoisotopic (exact) mass is 362 g/mol. The number of anilines is 1. The molecule has 2 aromatic carbocycles. The Morgan fingerprint density at radius 3 is 2.75 bits per heavy atom. The summed E-state index contributed by atoms with van der Waals surface area (Å²) in [6.45, 7) is 1.82. The largest absolute Gasteiger partial charge is 0.478 e. The summed E-state index contributed by atoms with van der Waals surface area (Å²) in [5.41, 5.74) is 3.48. The lowest BCUT2D eigenvalue weighted by Crippen LogP contribution is -2.14. The highest BCUT2D eigenvalue weighted by molar-refractivity contribution is 7.92. The first kappa shape index (κ1) is 16.4. The van der Waals surface area contributed by atoms with Gasteiger partial charge in [-0.2, -0.15) is 0 Å². The summed E-state index contributed by atoms with van der Waals surface area (Å²) in [6, 6.07) is 9.19. The van der Waals surface area contributed by atoms with Gasteiger partial charge in [0.1, 0.15) is 0 Å². The predicted molar refractivity (Wildman–Crippen MR) is 93.2 cm³/mol. The zero-order valence-corrected chi connectivity index (χ0v) is 14.3. The van der Waals surface area contributed by atoms with Crippen LogP contribution in [0.2, 0.25) is 0 Å². The van der Waals surface area contributed by atoms with Gasteiger partial charge in [-0.3, -0.25) is 4.72 Å². The molecular formula is C16H14N2O4S2. The maximum atomic E-state index is 12.5. The van der Waals surface area contributed by atoms with Crippen molar-refractivity contribution in [3.05, 3.63) is 53.0 Å². The van der Waals surface area contributed by atoms with Gasteiger partial charge in [-0.25, -0.2) is 18.2 Å². The first-order valence-electron chi connectivity index (χ1n) is 7.13. The fraction of sp³-hybridized carbons (Fsp3) is 0.125. The van der Waals surface area contributed by atoms with Gasteiger partial charge in [-0.15, -0.1) is 11.3 Å². The third-order valence-electron chi connectivity index (χ3n) is 3.59. The van der Waals surface area contributed by atoms with E-state index in [1.807, 2.05) is 6.92 Å². The lowest BCUT2D eigenvalue weighted by molar-refractivity contribution is 0.0695. The molecule has 1 aromatic heterocycles. The highest BCUT2D eigenvalue weighted by Crippen LogP contribution is 2.24. The van der Waals surface area contributed by atoms with Crippen LogP contribution in [0.15, 0.2) is 46.8 Å². The highest BCUT2D eigenvalue weighted by atomic mass is 32.2. The molecule has 3 rings (SSSR count). The number of carbonyl (C=O) groups is 1. The van der Waals surface area contributed by atoms with E-state index >= 15 is 0 Å². The number of nitrogens with zero attached hydrogens (tertiary/aromatic N) is 1. The zero-order valence-electron chi connectivity index (χ0n) is 12.7. The molecule has 1 heterocycles. The second kappa shape index (κ2) is 6.21. The average Bonchev–Trinajstić information content (AvgIpc) is 3.01. The first-order valence-corrected chi connectivity index (χ1v) is 9.49. The molecule has 8 heteroatoms. The van der Waals surface area contributed by atoms with Crippen molar-refractivity contribution in [2.24, 2.45) is 0 Å². The summed E-state index contributed by atoms with van der Waals surface area (Å²) in [5, 5.41) is 9.25. The van der Waals surface area contributed by atoms with E-state index in [0.717, 1.165) is 10.2 Å². The van der Waals surface area contributed by atoms with Crippen LogP contribution in [0, 0.1) is 0 Å². The number of fused-ring (bicyclic) bond motifs is 1. The molecule has 124 valence electrons. The lowest BCUT2D eigenvalue weighted by atomic mass is 10.1. The van der Waals surface area contributed by atoms with Gasteiger partial charge in [0.05, 0.1) is 31.9 Å². The number of aryl methyl sites for hydroxylation is 1. The minimum absolute atomic E-state index is 0.00159. The van der Waals surface area contributed by atoms with Crippen molar-refractivity contribution in [3.63, 3.8) is 0 Å². The summed E-state index contributed by atoms with van der Waals surface area (Å²) < 4.78 is 28.4. The van der Waals surface area contributed by atoms with Crippen LogP contribution in [0.1, 0.15) is 22.8 Å². The molecule has 0 aliphatic carbocycles. The zero-order chi connectivity index (χ0) is 17.3. The van der Waals surface area contributed by atoms with Crippen LogP contribution >= 0.6 is 11.3 Å². The van der Waals surface area contributed by atoms with Crippen LogP contribution in [0.25, 0.3) is 10.2 Å². The number of rotatable bonds is 5. The molecule has 0 amide bonds. The Morgan fingerprint density at radius 1 is 1.25 bits per heavy atom. The van der Waals surface area contributed by atoms with E-state index in [1.54, 1.807) is 23.7 Å². The van der Waals surface area contributed by atoms with Crippen LogP contribution in [0.4, 0.5) is 5.69 Å². The molecule has 2 N–H and O–H groups in total. The van der Waals surface area contributed by atoms with Crippen molar-refractivity contribution in [2.45, 2.75) is 18.2 Å². The molecule has 0 unspecified atom stereocenters. The SMILES string of the molecule is CCc1ccc(S(=O)(=O)Nc2ccc3ncsc3c2)cc1C(=O)O. The summed E-state index contributed by atoms with van der Waals surface area (Å²) in [5.74, 6) is -1.14. The first-order chi connectivity index (χ1) is 11.4. The number of sulfonamides is 1. The standard InChI is InChI=1S/C16H14N2O4S2/c1-2-10-3-5-12(8-13(10)16(19)20)24(21,22)18-11-4-6-14-15(7-11)23-9-17-14/h3-9,18H,2H2,1H3,(H,19,20). The smallest absolute Gasteiger partial charge is 0.336 e. The van der Waals surface area contributed by atoms with Crippen LogP contribution in [0.5, 0.6) is 0 Å². The van der Waals surface area contributed by atoms with Crippen molar-refractivity contribution >= 4 is 43.2 Å². The molecule has 0 aliphatic rings. The second-order valence-electron chi connectivity index (χ2n) is 5.12. The topological polar surface area (TPSA) is 96.4 Å². The molecule has 3 aromatic rings. The number of benzene rings is 2. The van der Waals surface area contributed by atoms with E-state index in [1.165, 1.54) is 29.5 Å². The number of aromatic carboxylic acids is 1. The van der Waals surface area contributed by atoms with Crippen LogP contribution in [-0.4, -0.2) is 24.5 Å². The summed E-state index contributed by atoms with van der Waals surface area (Å²) in [7, 11) is -3.88. The predicted octanol–water partition coefficient (Wildman–Crippen LogP) is 3.36. The number of hydrogen-bond acceptors (Lipinski definition) is 5. The van der Waals surface area contributed by atoms with Crippen molar-refractivity contribution < 1.29 is 18.3 Å². The normalized spacial score (nSPS) is 11.5. The lowest BCUT2D eigenvalue weighted by Gasteiger charge is -2.10. The molecule has 0 saturated heterocycles. The highest BCUT2D eigenvalue weighted by Gasteiger charge is 2.19. The van der Waals surface area contributed by atoms with Crippen molar-refractivity contribution in [3.8, 4) is 0 Å². The van der Waals surface area contributed by atoms with Gasteiger partial charge in [0, 0.05) is 0 Å². The van der Waals surface area contributed by atoms with E-state index in [4.69, 9.17) is 0 Å². The quantitative estimate of drug-likeness (QED) is 0.725. The minimum atomic E-state index is -3.88. The maximum Gasteiger partial charge on any atom is 0.336 e. The molecule has 0 radical (unpaired) electrons. The van der Waals surface area contributed by atoms with Gasteiger partial charge >= 0.3 is 5.97 Å². The molecule has 0 aliphatic heterocycles. The number of thiazole rings is 1. The summed E-state index contributed by atoms with van der Waals surface area (Å²) >= 11 is 1.41. The van der Waals surface area contributed by atoms with Crippen LogP contribution in [-0.2, 0) is 16.4 Å². The van der Waals surface area contributed by atoms with Crippen molar-refractivity contribution in [1.82, 2.24) is 4.98 Å². The summed E-state index contributed by atoms with van der Waals surface area (Å²) in [6.07, 6.45) is 0.511. The average molecular weight is 362 g/mol. The van der Waals surface area contributed by atoms with E-state index in [2.05, 4.69) is 9.71 Å². The fourth-order valence-corrected chi connectivity index (χ4v) is 4.15.